The number of halogens is 1. The maximum Gasteiger partial charge on any atom is 0.326 e. The van der Waals surface area contributed by atoms with Crippen molar-refractivity contribution in [3.63, 3.8) is 0 Å². The molecule has 0 bridgehead atoms. The molecule has 1 aromatic carbocycles. The van der Waals surface area contributed by atoms with Crippen LogP contribution in [0.5, 0.6) is 0 Å². The van der Waals surface area contributed by atoms with Crippen molar-refractivity contribution in [1.29, 1.82) is 0 Å². The van der Waals surface area contributed by atoms with E-state index in [4.69, 9.17) is 16.7 Å². The average Bonchev–Trinajstić information content (AvgIpc) is 2.30. The van der Waals surface area contributed by atoms with Crippen LogP contribution in [-0.2, 0) is 4.79 Å². The van der Waals surface area contributed by atoms with E-state index in [0.717, 1.165) is 24.9 Å². The Balaban J connectivity index is 2.54. The van der Waals surface area contributed by atoms with Crippen molar-refractivity contribution in [2.45, 2.75) is 38.6 Å². The molecule has 1 rings (SSSR count). The highest BCUT2D eigenvalue weighted by Crippen LogP contribution is 2.16. The van der Waals surface area contributed by atoms with Crippen LogP contribution in [-0.4, -0.2) is 17.1 Å². The third-order valence-corrected chi connectivity index (χ3v) is 2.83. The standard InChI is InChI=1S/C13H18ClNO2/c1-2-3-4-5-12(13(16)17)15-11-8-6-10(14)7-9-11/h6-9,12,15H,2-5H2,1H3,(H,16,17). The molecule has 94 valence electrons. The van der Waals surface area contributed by atoms with Crippen LogP contribution < -0.4 is 5.32 Å². The second-order valence-corrected chi connectivity index (χ2v) is 4.47. The number of rotatable bonds is 7. The fraction of sp³-hybridized carbons (Fsp3) is 0.462. The molecule has 0 spiro atoms. The summed E-state index contributed by atoms with van der Waals surface area (Å²) in [6, 6.07) is 6.54. The van der Waals surface area contributed by atoms with Gasteiger partial charge in [0.1, 0.15) is 6.04 Å². The number of anilines is 1. The summed E-state index contributed by atoms with van der Waals surface area (Å²) >= 11 is 5.77. The van der Waals surface area contributed by atoms with Crippen LogP contribution in [0.25, 0.3) is 0 Å². The van der Waals surface area contributed by atoms with Crippen molar-refractivity contribution in [2.75, 3.05) is 5.32 Å². The number of hydrogen-bond acceptors (Lipinski definition) is 2. The molecule has 3 nitrogen and oxygen atoms in total. The molecule has 1 aromatic rings. The zero-order valence-electron chi connectivity index (χ0n) is 9.95. The van der Waals surface area contributed by atoms with Gasteiger partial charge < -0.3 is 10.4 Å². The quantitative estimate of drug-likeness (QED) is 0.729. The van der Waals surface area contributed by atoms with E-state index >= 15 is 0 Å². The van der Waals surface area contributed by atoms with Gasteiger partial charge in [-0.1, -0.05) is 37.8 Å². The number of aliphatic carboxylic acids is 1. The average molecular weight is 256 g/mol. The van der Waals surface area contributed by atoms with Crippen molar-refractivity contribution < 1.29 is 9.90 Å². The predicted octanol–water partition coefficient (Wildman–Crippen LogP) is 3.79. The molecule has 4 heteroatoms. The Morgan fingerprint density at radius 1 is 1.35 bits per heavy atom. The van der Waals surface area contributed by atoms with E-state index in [2.05, 4.69) is 12.2 Å². The maximum absolute atomic E-state index is 11.1. The van der Waals surface area contributed by atoms with Gasteiger partial charge in [0, 0.05) is 10.7 Å². The second kappa shape index (κ2) is 7.17. The van der Waals surface area contributed by atoms with Gasteiger partial charge in [-0.2, -0.15) is 0 Å². The first kappa shape index (κ1) is 13.8. The van der Waals surface area contributed by atoms with Crippen molar-refractivity contribution in [1.82, 2.24) is 0 Å². The molecule has 0 saturated carbocycles. The van der Waals surface area contributed by atoms with Crippen LogP contribution >= 0.6 is 11.6 Å². The van der Waals surface area contributed by atoms with Gasteiger partial charge >= 0.3 is 5.97 Å². The van der Waals surface area contributed by atoms with E-state index in [1.807, 2.05) is 0 Å². The Morgan fingerprint density at radius 2 is 2.00 bits per heavy atom. The summed E-state index contributed by atoms with van der Waals surface area (Å²) in [6.07, 6.45) is 3.72. The lowest BCUT2D eigenvalue weighted by molar-refractivity contribution is -0.138. The summed E-state index contributed by atoms with van der Waals surface area (Å²) in [5.41, 5.74) is 0.790. The number of benzene rings is 1. The normalized spacial score (nSPS) is 12.1. The van der Waals surface area contributed by atoms with Crippen molar-refractivity contribution in [3.05, 3.63) is 29.3 Å². The third-order valence-electron chi connectivity index (χ3n) is 2.58. The summed E-state index contributed by atoms with van der Waals surface area (Å²) in [6.45, 7) is 2.10. The van der Waals surface area contributed by atoms with Crippen molar-refractivity contribution in [2.24, 2.45) is 0 Å². The van der Waals surface area contributed by atoms with E-state index < -0.39 is 12.0 Å². The van der Waals surface area contributed by atoms with Gasteiger partial charge in [0.05, 0.1) is 0 Å². The number of carboxylic acid groups (broad SMARTS) is 1. The summed E-state index contributed by atoms with van der Waals surface area (Å²) in [7, 11) is 0. The van der Waals surface area contributed by atoms with E-state index in [0.29, 0.717) is 11.4 Å². The predicted molar refractivity (Wildman–Crippen MR) is 70.6 cm³/mol. The van der Waals surface area contributed by atoms with E-state index in [-0.39, 0.29) is 0 Å². The van der Waals surface area contributed by atoms with Crippen LogP contribution in [0, 0.1) is 0 Å². The maximum atomic E-state index is 11.1. The molecule has 0 amide bonds. The topological polar surface area (TPSA) is 49.3 Å². The Morgan fingerprint density at radius 3 is 2.53 bits per heavy atom. The van der Waals surface area contributed by atoms with Gasteiger partial charge in [-0.25, -0.2) is 4.79 Å². The van der Waals surface area contributed by atoms with Gasteiger partial charge in [-0.05, 0) is 30.7 Å². The van der Waals surface area contributed by atoms with E-state index in [9.17, 15) is 4.79 Å². The zero-order chi connectivity index (χ0) is 12.7. The fourth-order valence-electron chi connectivity index (χ4n) is 1.60. The Kier molecular flexibility index (Phi) is 5.84. The minimum atomic E-state index is -0.809. The first-order chi connectivity index (χ1) is 8.13. The number of hydrogen-bond donors (Lipinski definition) is 2. The van der Waals surface area contributed by atoms with Gasteiger partial charge in [0.25, 0.3) is 0 Å². The molecule has 0 aliphatic carbocycles. The molecule has 2 N–H and O–H groups in total. The first-order valence-corrected chi connectivity index (χ1v) is 6.26. The van der Waals surface area contributed by atoms with E-state index in [1.165, 1.54) is 0 Å². The van der Waals surface area contributed by atoms with Crippen molar-refractivity contribution in [3.8, 4) is 0 Å². The summed E-state index contributed by atoms with van der Waals surface area (Å²) in [5, 5.41) is 12.8. The molecule has 0 heterocycles. The number of unbranched alkanes of at least 4 members (excludes halogenated alkanes) is 2. The lowest BCUT2D eigenvalue weighted by Gasteiger charge is -2.15. The third kappa shape index (κ3) is 5.09. The largest absolute Gasteiger partial charge is 0.480 e. The highest BCUT2D eigenvalue weighted by molar-refractivity contribution is 6.30. The molecular weight excluding hydrogens is 238 g/mol. The van der Waals surface area contributed by atoms with Gasteiger partial charge in [0.15, 0.2) is 0 Å². The Labute approximate surface area is 107 Å². The van der Waals surface area contributed by atoms with Crippen LogP contribution in [0.4, 0.5) is 5.69 Å². The molecule has 0 fully saturated rings. The number of carboxylic acids is 1. The van der Waals surface area contributed by atoms with Gasteiger partial charge in [-0.15, -0.1) is 0 Å². The number of nitrogens with one attached hydrogen (secondary N) is 1. The minimum Gasteiger partial charge on any atom is -0.480 e. The zero-order valence-corrected chi connectivity index (χ0v) is 10.7. The molecule has 1 atom stereocenters. The molecule has 0 aliphatic heterocycles. The Bertz CT molecular complexity index is 351. The summed E-state index contributed by atoms with van der Waals surface area (Å²) < 4.78 is 0. The molecular formula is C13H18ClNO2. The second-order valence-electron chi connectivity index (χ2n) is 4.04. The molecule has 0 aliphatic rings. The SMILES string of the molecule is CCCCCC(Nc1ccc(Cl)cc1)C(=O)O. The van der Waals surface area contributed by atoms with Crippen LogP contribution in [0.1, 0.15) is 32.6 Å². The van der Waals surface area contributed by atoms with Crippen LogP contribution in [0.15, 0.2) is 24.3 Å². The molecule has 1 unspecified atom stereocenters. The smallest absolute Gasteiger partial charge is 0.326 e. The molecule has 17 heavy (non-hydrogen) atoms. The van der Waals surface area contributed by atoms with Crippen LogP contribution in [0.3, 0.4) is 0 Å². The highest BCUT2D eigenvalue weighted by Gasteiger charge is 2.16. The molecule has 0 saturated heterocycles. The van der Waals surface area contributed by atoms with Crippen molar-refractivity contribution >= 4 is 23.3 Å². The number of carbonyl (C=O) groups is 1. The molecule has 0 aromatic heterocycles. The van der Waals surface area contributed by atoms with Gasteiger partial charge in [-0.3, -0.25) is 0 Å². The summed E-state index contributed by atoms with van der Waals surface area (Å²) in [5.74, 6) is -0.809. The summed E-state index contributed by atoms with van der Waals surface area (Å²) in [4.78, 5) is 11.1. The monoisotopic (exact) mass is 255 g/mol. The van der Waals surface area contributed by atoms with Crippen LogP contribution in [0.2, 0.25) is 5.02 Å². The highest BCUT2D eigenvalue weighted by atomic mass is 35.5. The minimum absolute atomic E-state index is 0.525. The first-order valence-electron chi connectivity index (χ1n) is 5.88. The Hall–Kier alpha value is -1.22. The molecule has 0 radical (unpaired) electrons. The lowest BCUT2D eigenvalue weighted by atomic mass is 10.1. The lowest BCUT2D eigenvalue weighted by Crippen LogP contribution is -2.29. The van der Waals surface area contributed by atoms with E-state index in [1.54, 1.807) is 24.3 Å². The fourth-order valence-corrected chi connectivity index (χ4v) is 1.73. The van der Waals surface area contributed by atoms with Gasteiger partial charge in [0.2, 0.25) is 0 Å².